The van der Waals surface area contributed by atoms with E-state index in [-0.39, 0.29) is 5.39 Å². The van der Waals surface area contributed by atoms with Crippen molar-refractivity contribution in [3.8, 4) is 55.8 Å². The highest BCUT2D eigenvalue weighted by Gasteiger charge is 2.35. The lowest BCUT2D eigenvalue weighted by atomic mass is 9.82. The number of hydrogen-bond donors (Lipinski definition) is 0. The Morgan fingerprint density at radius 1 is 0.413 bits per heavy atom. The van der Waals surface area contributed by atoms with Crippen LogP contribution in [0.4, 0.5) is 13.2 Å². The lowest BCUT2D eigenvalue weighted by Crippen LogP contribution is -2.07. The molecule has 1 aromatic heterocycles. The number of rotatable bonds is 3. The van der Waals surface area contributed by atoms with Gasteiger partial charge in [0.15, 0.2) is 0 Å². The van der Waals surface area contributed by atoms with Crippen molar-refractivity contribution in [2.24, 2.45) is 0 Å². The number of pyridine rings is 1. The van der Waals surface area contributed by atoms with Gasteiger partial charge in [0, 0.05) is 10.9 Å². The van der Waals surface area contributed by atoms with E-state index in [1.807, 2.05) is 30.3 Å². The van der Waals surface area contributed by atoms with Crippen LogP contribution in [-0.4, -0.2) is 4.98 Å². The minimum atomic E-state index is -4.52. The van der Waals surface area contributed by atoms with Crippen LogP contribution < -0.4 is 0 Å². The van der Waals surface area contributed by atoms with Gasteiger partial charge in [-0.1, -0.05) is 133 Å². The molecule has 0 radical (unpaired) electrons. The number of para-hydroxylation sites is 1. The summed E-state index contributed by atoms with van der Waals surface area (Å²) in [5, 5.41) is 4.32. The van der Waals surface area contributed by atoms with E-state index >= 15 is 0 Å². The smallest absolute Gasteiger partial charge is 0.248 e. The lowest BCUT2D eigenvalue weighted by molar-refractivity contribution is -0.136. The number of fused-ring (bicyclic) bond motifs is 5. The summed E-state index contributed by atoms with van der Waals surface area (Å²) in [5.41, 5.74) is 9.60. The highest BCUT2D eigenvalue weighted by molar-refractivity contribution is 6.28. The Hall–Kier alpha value is -5.74. The molecule has 0 unspecified atom stereocenters. The molecule has 4 heteroatoms. The molecule has 0 fully saturated rings. The SMILES string of the molecule is FC(F)(F)c1cc(-c2ccc3c4c(cccc24)-c2c-3c(-c3ccccc3)c3ccccc3c2-c2ccccc2)nc2ccccc12. The van der Waals surface area contributed by atoms with Crippen molar-refractivity contribution in [2.45, 2.75) is 6.18 Å². The van der Waals surface area contributed by atoms with E-state index in [4.69, 9.17) is 4.98 Å². The van der Waals surface area contributed by atoms with E-state index in [0.717, 1.165) is 66.1 Å². The van der Waals surface area contributed by atoms with Crippen molar-refractivity contribution in [2.75, 3.05) is 0 Å². The lowest BCUT2D eigenvalue weighted by Gasteiger charge is -2.20. The molecule has 8 aromatic rings. The third-order valence-electron chi connectivity index (χ3n) is 9.22. The van der Waals surface area contributed by atoms with Gasteiger partial charge in [0.05, 0.1) is 16.8 Å². The van der Waals surface area contributed by atoms with Gasteiger partial charge in [-0.25, -0.2) is 4.98 Å². The van der Waals surface area contributed by atoms with Gasteiger partial charge in [0.2, 0.25) is 0 Å². The Morgan fingerprint density at radius 3 is 1.52 bits per heavy atom. The minimum Gasteiger partial charge on any atom is -0.248 e. The second kappa shape index (κ2) is 9.88. The Balaban J connectivity index is 1.42. The molecule has 46 heavy (non-hydrogen) atoms. The van der Waals surface area contributed by atoms with E-state index in [0.29, 0.717) is 16.8 Å². The molecule has 1 heterocycles. The van der Waals surface area contributed by atoms with Gasteiger partial charge < -0.3 is 0 Å². The fraction of sp³-hybridized carbons (Fsp3) is 0.0238. The molecule has 0 atom stereocenters. The van der Waals surface area contributed by atoms with Crippen molar-refractivity contribution >= 4 is 32.4 Å². The molecule has 0 bridgehead atoms. The molecule has 0 amide bonds. The van der Waals surface area contributed by atoms with Crippen LogP contribution in [0.5, 0.6) is 0 Å². The molecule has 1 aliphatic rings. The van der Waals surface area contributed by atoms with Gasteiger partial charge in [-0.3, -0.25) is 0 Å². The molecule has 9 rings (SSSR count). The molecule has 0 saturated heterocycles. The zero-order valence-electron chi connectivity index (χ0n) is 24.4. The third kappa shape index (κ3) is 3.86. The summed E-state index contributed by atoms with van der Waals surface area (Å²) in [6.07, 6.45) is -4.52. The van der Waals surface area contributed by atoms with Crippen LogP contribution in [-0.2, 0) is 6.18 Å². The molecule has 1 nitrogen and oxygen atoms in total. The van der Waals surface area contributed by atoms with Crippen LogP contribution in [0.3, 0.4) is 0 Å². The molecule has 218 valence electrons. The molecule has 0 N–H and O–H groups in total. The van der Waals surface area contributed by atoms with Crippen LogP contribution in [0.2, 0.25) is 0 Å². The largest absolute Gasteiger partial charge is 0.417 e. The minimum absolute atomic E-state index is 0.101. The van der Waals surface area contributed by atoms with Crippen LogP contribution in [0, 0.1) is 0 Å². The number of aromatic nitrogens is 1. The monoisotopic (exact) mass is 599 g/mol. The third-order valence-corrected chi connectivity index (χ3v) is 9.22. The average Bonchev–Trinajstić information content (AvgIpc) is 3.42. The van der Waals surface area contributed by atoms with Crippen molar-refractivity contribution < 1.29 is 13.2 Å². The van der Waals surface area contributed by atoms with Crippen LogP contribution in [0.25, 0.3) is 88.2 Å². The van der Waals surface area contributed by atoms with E-state index in [2.05, 4.69) is 84.9 Å². The van der Waals surface area contributed by atoms with E-state index in [1.165, 1.54) is 12.1 Å². The summed E-state index contributed by atoms with van der Waals surface area (Å²) in [6.45, 7) is 0. The van der Waals surface area contributed by atoms with E-state index in [1.54, 1.807) is 18.2 Å². The first-order chi connectivity index (χ1) is 22.5. The predicted octanol–water partition coefficient (Wildman–Crippen LogP) is 12.2. The average molecular weight is 600 g/mol. The van der Waals surface area contributed by atoms with E-state index < -0.39 is 11.7 Å². The van der Waals surface area contributed by atoms with Crippen LogP contribution in [0.15, 0.2) is 146 Å². The Morgan fingerprint density at radius 2 is 0.913 bits per heavy atom. The molecular weight excluding hydrogens is 575 g/mol. The number of nitrogens with zero attached hydrogens (tertiary/aromatic N) is 1. The summed E-state index contributed by atoms with van der Waals surface area (Å²) in [4.78, 5) is 4.77. The Bertz CT molecular complexity index is 2410. The van der Waals surface area contributed by atoms with Crippen molar-refractivity contribution in [3.63, 3.8) is 0 Å². The maximum Gasteiger partial charge on any atom is 0.417 e. The molecule has 0 spiro atoms. The van der Waals surface area contributed by atoms with Gasteiger partial charge in [-0.05, 0) is 78.2 Å². The van der Waals surface area contributed by atoms with Gasteiger partial charge in [0.1, 0.15) is 0 Å². The van der Waals surface area contributed by atoms with Crippen molar-refractivity contribution in [1.82, 2.24) is 4.98 Å². The second-order valence-corrected chi connectivity index (χ2v) is 11.7. The zero-order chi connectivity index (χ0) is 31.0. The van der Waals surface area contributed by atoms with Gasteiger partial charge >= 0.3 is 6.18 Å². The molecule has 0 aliphatic heterocycles. The number of benzene rings is 7. The topological polar surface area (TPSA) is 12.9 Å². The summed E-state index contributed by atoms with van der Waals surface area (Å²) in [6, 6.07) is 47.3. The molecule has 7 aromatic carbocycles. The maximum atomic E-state index is 14.4. The van der Waals surface area contributed by atoms with Crippen LogP contribution in [0.1, 0.15) is 5.56 Å². The van der Waals surface area contributed by atoms with Crippen molar-refractivity contribution in [3.05, 3.63) is 151 Å². The van der Waals surface area contributed by atoms with Crippen LogP contribution >= 0.6 is 0 Å². The quantitative estimate of drug-likeness (QED) is 0.197. The second-order valence-electron chi connectivity index (χ2n) is 11.7. The summed E-state index contributed by atoms with van der Waals surface area (Å²) in [5.74, 6) is 0. The maximum absolute atomic E-state index is 14.4. The van der Waals surface area contributed by atoms with Gasteiger partial charge in [-0.15, -0.1) is 0 Å². The number of halogens is 3. The fourth-order valence-corrected chi connectivity index (χ4v) is 7.38. The Labute approximate surface area is 263 Å². The molecule has 1 aliphatic carbocycles. The first kappa shape index (κ1) is 26.6. The fourth-order valence-electron chi connectivity index (χ4n) is 7.38. The van der Waals surface area contributed by atoms with Gasteiger partial charge in [-0.2, -0.15) is 13.2 Å². The summed E-state index contributed by atoms with van der Waals surface area (Å²) >= 11 is 0. The zero-order valence-corrected chi connectivity index (χ0v) is 24.4. The van der Waals surface area contributed by atoms with Crippen molar-refractivity contribution in [1.29, 1.82) is 0 Å². The summed E-state index contributed by atoms with van der Waals surface area (Å²) < 4.78 is 43.1. The first-order valence-corrected chi connectivity index (χ1v) is 15.2. The molecular formula is C42H24F3N. The van der Waals surface area contributed by atoms with E-state index in [9.17, 15) is 13.2 Å². The number of alkyl halides is 3. The predicted molar refractivity (Wildman–Crippen MR) is 182 cm³/mol. The first-order valence-electron chi connectivity index (χ1n) is 15.2. The van der Waals surface area contributed by atoms with Gasteiger partial charge in [0.25, 0.3) is 0 Å². The standard InChI is InChI=1S/C42H24F3N/c43-42(44,45)34-24-36(46-35-21-10-9-18-31(34)35)27-22-23-33-39-28(27)19-11-20-32(39)40-37(25-12-3-1-4-13-25)29-16-7-8-17-30(29)38(41(33)40)26-14-5-2-6-15-26/h1-24H. The normalized spacial score (nSPS) is 12.2. The Kier molecular flexibility index (Phi) is 5.72. The number of hydrogen-bond acceptors (Lipinski definition) is 1. The highest BCUT2D eigenvalue weighted by Crippen LogP contribution is 2.58. The molecule has 0 saturated carbocycles. The summed E-state index contributed by atoms with van der Waals surface area (Å²) in [7, 11) is 0. The highest BCUT2D eigenvalue weighted by atomic mass is 19.4.